The van der Waals surface area contributed by atoms with Gasteiger partial charge in [0.25, 0.3) is 0 Å². The number of nitriles is 1. The van der Waals surface area contributed by atoms with Crippen LogP contribution in [0, 0.1) is 25.2 Å². The van der Waals surface area contributed by atoms with Crippen LogP contribution in [-0.2, 0) is 6.61 Å². The lowest BCUT2D eigenvalue weighted by atomic mass is 10.1. The van der Waals surface area contributed by atoms with E-state index in [1.165, 1.54) is 0 Å². The predicted molar refractivity (Wildman–Crippen MR) is 80.2 cm³/mol. The largest absolute Gasteiger partial charge is 0.483 e. The fourth-order valence-corrected chi connectivity index (χ4v) is 1.95. The van der Waals surface area contributed by atoms with Crippen LogP contribution >= 0.6 is 0 Å². The average molecular weight is 283 g/mol. The summed E-state index contributed by atoms with van der Waals surface area (Å²) >= 11 is 0. The fraction of sp³-hybridized carbons (Fsp3) is 0.250. The van der Waals surface area contributed by atoms with Crippen molar-refractivity contribution in [1.82, 2.24) is 4.98 Å². The second-order valence-electron chi connectivity index (χ2n) is 4.58. The van der Waals surface area contributed by atoms with Crippen molar-refractivity contribution in [3.63, 3.8) is 0 Å². The first kappa shape index (κ1) is 14.7. The minimum absolute atomic E-state index is 0.177. The lowest BCUT2D eigenvalue weighted by Crippen LogP contribution is -1.99. The number of anilines is 1. The van der Waals surface area contributed by atoms with Crippen LogP contribution in [0.2, 0.25) is 0 Å². The summed E-state index contributed by atoms with van der Waals surface area (Å²) in [4.78, 5) is 4.11. The molecule has 0 unspecified atom stereocenters. The van der Waals surface area contributed by atoms with E-state index in [-0.39, 0.29) is 12.3 Å². The topological polar surface area (TPSA) is 71.1 Å². The van der Waals surface area contributed by atoms with Crippen molar-refractivity contribution >= 4 is 5.88 Å². The van der Waals surface area contributed by atoms with E-state index in [1.54, 1.807) is 6.08 Å². The molecule has 0 atom stereocenters. The molecule has 0 bridgehead atoms. The Bertz CT molecular complexity index is 663. The smallest absolute Gasteiger partial charge is 0.236 e. The predicted octanol–water partition coefficient (Wildman–Crippen LogP) is 3.34. The van der Waals surface area contributed by atoms with Gasteiger partial charge in [0.1, 0.15) is 11.8 Å². The third kappa shape index (κ3) is 3.42. The number of rotatable bonds is 6. The summed E-state index contributed by atoms with van der Waals surface area (Å²) in [5, 5.41) is 12.0. The van der Waals surface area contributed by atoms with Crippen molar-refractivity contribution in [3.8, 4) is 11.8 Å². The minimum atomic E-state index is 0.177. The third-order valence-electron chi connectivity index (χ3n) is 2.93. The molecule has 2 rings (SSSR count). The molecule has 1 aromatic heterocycles. The molecule has 1 aromatic carbocycles. The highest BCUT2D eigenvalue weighted by Gasteiger charge is 2.13. The minimum Gasteiger partial charge on any atom is -0.483 e. The molecule has 21 heavy (non-hydrogen) atoms. The van der Waals surface area contributed by atoms with Crippen molar-refractivity contribution in [2.45, 2.75) is 20.5 Å². The Morgan fingerprint density at radius 2 is 2.14 bits per heavy atom. The van der Waals surface area contributed by atoms with Gasteiger partial charge in [-0.2, -0.15) is 10.2 Å². The maximum atomic E-state index is 9.03. The number of aromatic nitrogens is 1. The maximum absolute atomic E-state index is 9.03. The summed E-state index contributed by atoms with van der Waals surface area (Å²) in [5.74, 6) is 1.52. The first-order valence-electron chi connectivity index (χ1n) is 6.59. The lowest BCUT2D eigenvalue weighted by molar-refractivity contribution is 0.261. The first-order chi connectivity index (χ1) is 10.2. The van der Waals surface area contributed by atoms with E-state index in [1.807, 2.05) is 38.1 Å². The highest BCUT2D eigenvalue weighted by molar-refractivity contribution is 5.45. The molecule has 0 fully saturated rings. The quantitative estimate of drug-likeness (QED) is 0.823. The van der Waals surface area contributed by atoms with Crippen LogP contribution in [0.1, 0.15) is 22.7 Å². The summed E-state index contributed by atoms with van der Waals surface area (Å²) in [5.41, 5.74) is 2.32. The number of benzene rings is 1. The molecule has 0 saturated heterocycles. The second-order valence-corrected chi connectivity index (χ2v) is 4.58. The van der Waals surface area contributed by atoms with Crippen LogP contribution in [-0.4, -0.2) is 11.5 Å². The summed E-state index contributed by atoms with van der Waals surface area (Å²) in [7, 11) is 0. The van der Waals surface area contributed by atoms with Crippen LogP contribution in [0.4, 0.5) is 5.88 Å². The maximum Gasteiger partial charge on any atom is 0.236 e. The van der Waals surface area contributed by atoms with Crippen LogP contribution in [0.5, 0.6) is 5.75 Å². The number of para-hydroxylation sites is 1. The van der Waals surface area contributed by atoms with Gasteiger partial charge >= 0.3 is 0 Å². The van der Waals surface area contributed by atoms with Gasteiger partial charge in [-0.3, -0.25) is 0 Å². The average Bonchev–Trinajstić information content (AvgIpc) is 2.87. The van der Waals surface area contributed by atoms with Crippen LogP contribution in [0.3, 0.4) is 0 Å². The molecule has 2 aromatic rings. The molecule has 0 amide bonds. The summed E-state index contributed by atoms with van der Waals surface area (Å²) in [6.07, 6.45) is 1.68. The number of oxazole rings is 1. The van der Waals surface area contributed by atoms with Gasteiger partial charge in [-0.25, -0.2) is 0 Å². The van der Waals surface area contributed by atoms with Gasteiger partial charge in [0.15, 0.2) is 6.61 Å². The van der Waals surface area contributed by atoms with Crippen LogP contribution < -0.4 is 10.1 Å². The van der Waals surface area contributed by atoms with Gasteiger partial charge in [-0.15, -0.1) is 6.58 Å². The Labute approximate surface area is 123 Å². The second kappa shape index (κ2) is 6.62. The molecule has 5 nitrogen and oxygen atoms in total. The monoisotopic (exact) mass is 283 g/mol. The molecule has 5 heteroatoms. The first-order valence-corrected chi connectivity index (χ1v) is 6.59. The summed E-state index contributed by atoms with van der Waals surface area (Å²) in [6.45, 7) is 8.24. The zero-order valence-corrected chi connectivity index (χ0v) is 12.1. The highest BCUT2D eigenvalue weighted by atomic mass is 16.5. The standard InChI is InChI=1S/C16H17N3O2/c1-4-8-18-16-13(9-17)19-14(21-16)10-20-15-11(2)6-5-7-12(15)3/h4-7,18H,1,8,10H2,2-3H3. The van der Waals surface area contributed by atoms with Gasteiger partial charge in [0.2, 0.25) is 17.5 Å². The zero-order chi connectivity index (χ0) is 15.2. The molecule has 0 aliphatic carbocycles. The Kier molecular flexibility index (Phi) is 4.62. The van der Waals surface area contributed by atoms with Crippen LogP contribution in [0.15, 0.2) is 35.3 Å². The molecule has 1 N–H and O–H groups in total. The third-order valence-corrected chi connectivity index (χ3v) is 2.93. The van der Waals surface area contributed by atoms with E-state index in [2.05, 4.69) is 16.9 Å². The van der Waals surface area contributed by atoms with Crippen LogP contribution in [0.25, 0.3) is 0 Å². The molecule has 0 radical (unpaired) electrons. The van der Waals surface area contributed by atoms with Gasteiger partial charge in [0, 0.05) is 6.54 Å². The number of nitrogens with zero attached hydrogens (tertiary/aromatic N) is 2. The summed E-state index contributed by atoms with van der Waals surface area (Å²) < 4.78 is 11.2. The number of ether oxygens (including phenoxy) is 1. The lowest BCUT2D eigenvalue weighted by Gasteiger charge is -2.09. The van der Waals surface area contributed by atoms with E-state index in [0.717, 1.165) is 16.9 Å². The van der Waals surface area contributed by atoms with E-state index in [0.29, 0.717) is 18.3 Å². The van der Waals surface area contributed by atoms with Crippen molar-refractivity contribution in [2.24, 2.45) is 0 Å². The normalized spacial score (nSPS) is 9.95. The van der Waals surface area contributed by atoms with Crippen molar-refractivity contribution in [2.75, 3.05) is 11.9 Å². The SMILES string of the molecule is C=CCNc1oc(COc2c(C)cccc2C)nc1C#N. The summed E-state index contributed by atoms with van der Waals surface area (Å²) in [6, 6.07) is 7.93. The van der Waals surface area contributed by atoms with E-state index in [4.69, 9.17) is 14.4 Å². The van der Waals surface area contributed by atoms with Gasteiger partial charge in [0.05, 0.1) is 0 Å². The Morgan fingerprint density at radius 1 is 1.43 bits per heavy atom. The molecule has 0 aliphatic rings. The van der Waals surface area contributed by atoms with E-state index >= 15 is 0 Å². The van der Waals surface area contributed by atoms with E-state index in [9.17, 15) is 0 Å². The molecular formula is C16H17N3O2. The Hall–Kier alpha value is -2.74. The molecule has 0 saturated carbocycles. The molecule has 108 valence electrons. The van der Waals surface area contributed by atoms with E-state index < -0.39 is 0 Å². The van der Waals surface area contributed by atoms with Gasteiger partial charge in [-0.1, -0.05) is 24.3 Å². The molecule has 1 heterocycles. The number of hydrogen-bond acceptors (Lipinski definition) is 5. The number of hydrogen-bond donors (Lipinski definition) is 1. The van der Waals surface area contributed by atoms with Crippen molar-refractivity contribution in [3.05, 3.63) is 53.6 Å². The molecule has 0 spiro atoms. The fourth-order valence-electron chi connectivity index (χ4n) is 1.95. The highest BCUT2D eigenvalue weighted by Crippen LogP contribution is 2.24. The van der Waals surface area contributed by atoms with Gasteiger partial charge < -0.3 is 14.5 Å². The Morgan fingerprint density at radius 3 is 2.76 bits per heavy atom. The molecular weight excluding hydrogens is 266 g/mol. The zero-order valence-electron chi connectivity index (χ0n) is 12.1. The van der Waals surface area contributed by atoms with Gasteiger partial charge in [-0.05, 0) is 25.0 Å². The van der Waals surface area contributed by atoms with Crippen molar-refractivity contribution < 1.29 is 9.15 Å². The molecule has 0 aliphatic heterocycles. The number of aryl methyl sites for hydroxylation is 2. The Balaban J connectivity index is 2.12. The number of nitrogens with one attached hydrogen (secondary N) is 1. The van der Waals surface area contributed by atoms with Crippen molar-refractivity contribution in [1.29, 1.82) is 5.26 Å².